The first-order valence-corrected chi connectivity index (χ1v) is 8.55. The largest absolute Gasteiger partial charge is 0.418 e. The molecule has 0 aliphatic heterocycles. The number of aryl methyl sites for hydroxylation is 1. The Hall–Kier alpha value is -2.06. The number of anilines is 1. The van der Waals surface area contributed by atoms with Crippen LogP contribution in [0.4, 0.5) is 19.0 Å². The molecule has 1 aromatic heterocycles. The Balaban J connectivity index is 0.00000261. The Bertz CT molecular complexity index is 806. The molecule has 0 bridgehead atoms. The zero-order chi connectivity index (χ0) is 18.9. The molecule has 5 nitrogen and oxygen atoms in total. The van der Waals surface area contributed by atoms with Gasteiger partial charge in [0.15, 0.2) is 0 Å². The predicted octanol–water partition coefficient (Wildman–Crippen LogP) is 3.93. The smallest absolute Gasteiger partial charge is 0.330 e. The molecule has 0 saturated heterocycles. The lowest BCUT2D eigenvalue weighted by atomic mass is 9.95. The summed E-state index contributed by atoms with van der Waals surface area (Å²) in [7, 11) is 0. The fraction of sp³-hybridized carbons (Fsp3) is 0.444. The van der Waals surface area contributed by atoms with Gasteiger partial charge in [-0.25, -0.2) is 4.68 Å². The van der Waals surface area contributed by atoms with Crippen LogP contribution in [0.2, 0.25) is 0 Å². The molecule has 148 valence electrons. The van der Waals surface area contributed by atoms with Crippen molar-refractivity contribution >= 4 is 24.1 Å². The maximum atomic E-state index is 13.3. The van der Waals surface area contributed by atoms with Crippen LogP contribution >= 0.6 is 12.4 Å². The number of alkyl halides is 3. The lowest BCUT2D eigenvalue weighted by Crippen LogP contribution is -2.30. The summed E-state index contributed by atoms with van der Waals surface area (Å²) in [6, 6.07) is 6.74. The van der Waals surface area contributed by atoms with Gasteiger partial charge in [-0.1, -0.05) is 18.6 Å². The number of carbonyl (C=O) groups excluding carboxylic acids is 1. The third-order valence-electron chi connectivity index (χ3n) is 4.82. The van der Waals surface area contributed by atoms with Crippen molar-refractivity contribution in [2.45, 2.75) is 32.4 Å². The number of amides is 1. The molecular formula is C18H22ClF3N4O. The Morgan fingerprint density at radius 3 is 2.70 bits per heavy atom. The van der Waals surface area contributed by atoms with Crippen molar-refractivity contribution in [2.75, 3.05) is 11.9 Å². The number of hydrogen-bond donors (Lipinski definition) is 2. The van der Waals surface area contributed by atoms with E-state index in [4.69, 9.17) is 5.73 Å². The molecule has 1 saturated carbocycles. The predicted molar refractivity (Wildman–Crippen MR) is 99.1 cm³/mol. The van der Waals surface area contributed by atoms with E-state index in [9.17, 15) is 18.0 Å². The summed E-state index contributed by atoms with van der Waals surface area (Å²) in [6.45, 7) is 2.09. The molecule has 2 atom stereocenters. The number of rotatable bonds is 4. The second-order valence-corrected chi connectivity index (χ2v) is 6.62. The standard InChI is InChI=1S/C18H21F3N4O.ClH/c1-11-9-16(23-17(26)13-6-4-5-12(13)10-22)25(24-11)15-8-3-2-7-14(15)18(19,20)21;/h2-3,7-9,12-13H,4-6,10,22H2,1H3,(H,23,26);1H/t12-,13-;/m1./s1. The van der Waals surface area contributed by atoms with Gasteiger partial charge in [0.25, 0.3) is 0 Å². The van der Waals surface area contributed by atoms with Crippen LogP contribution in [-0.4, -0.2) is 22.2 Å². The van der Waals surface area contributed by atoms with E-state index in [1.807, 2.05) is 0 Å². The maximum absolute atomic E-state index is 13.3. The van der Waals surface area contributed by atoms with E-state index < -0.39 is 11.7 Å². The van der Waals surface area contributed by atoms with E-state index in [2.05, 4.69) is 10.4 Å². The highest BCUT2D eigenvalue weighted by atomic mass is 35.5. The number of nitrogens with one attached hydrogen (secondary N) is 1. The second kappa shape index (κ2) is 8.31. The quantitative estimate of drug-likeness (QED) is 0.813. The molecule has 27 heavy (non-hydrogen) atoms. The van der Waals surface area contributed by atoms with Crippen molar-refractivity contribution in [3.63, 3.8) is 0 Å². The molecule has 1 aliphatic rings. The van der Waals surface area contributed by atoms with E-state index in [1.165, 1.54) is 18.2 Å². The van der Waals surface area contributed by atoms with Gasteiger partial charge in [0, 0.05) is 12.0 Å². The van der Waals surface area contributed by atoms with E-state index in [-0.39, 0.29) is 41.7 Å². The molecule has 1 aliphatic carbocycles. The van der Waals surface area contributed by atoms with Crippen molar-refractivity contribution in [2.24, 2.45) is 17.6 Å². The average molecular weight is 403 g/mol. The van der Waals surface area contributed by atoms with E-state index >= 15 is 0 Å². The topological polar surface area (TPSA) is 72.9 Å². The molecule has 1 amide bonds. The lowest BCUT2D eigenvalue weighted by Gasteiger charge is -2.19. The van der Waals surface area contributed by atoms with Crippen LogP contribution in [0.3, 0.4) is 0 Å². The van der Waals surface area contributed by atoms with Crippen molar-refractivity contribution < 1.29 is 18.0 Å². The van der Waals surface area contributed by atoms with Crippen LogP contribution in [0, 0.1) is 18.8 Å². The van der Waals surface area contributed by atoms with Crippen molar-refractivity contribution in [3.8, 4) is 5.69 Å². The summed E-state index contributed by atoms with van der Waals surface area (Å²) < 4.78 is 41.1. The number of aromatic nitrogens is 2. The molecule has 3 N–H and O–H groups in total. The summed E-state index contributed by atoms with van der Waals surface area (Å²) in [5, 5.41) is 6.90. The third kappa shape index (κ3) is 4.44. The van der Waals surface area contributed by atoms with Crippen LogP contribution in [0.25, 0.3) is 5.69 Å². The molecule has 9 heteroatoms. The zero-order valence-corrected chi connectivity index (χ0v) is 15.6. The number of hydrogen-bond acceptors (Lipinski definition) is 3. The van der Waals surface area contributed by atoms with Crippen molar-refractivity contribution in [1.82, 2.24) is 9.78 Å². The van der Waals surface area contributed by atoms with E-state index in [0.29, 0.717) is 12.2 Å². The van der Waals surface area contributed by atoms with Gasteiger partial charge in [-0.3, -0.25) is 4.79 Å². The number of halogens is 4. The first-order valence-electron chi connectivity index (χ1n) is 8.55. The second-order valence-electron chi connectivity index (χ2n) is 6.62. The SMILES string of the molecule is Cc1cc(NC(=O)[C@@H]2CCC[C@@H]2CN)n(-c2ccccc2C(F)(F)F)n1.Cl. The van der Waals surface area contributed by atoms with Gasteiger partial charge in [-0.05, 0) is 44.4 Å². The molecular weight excluding hydrogens is 381 g/mol. The number of para-hydroxylation sites is 1. The third-order valence-corrected chi connectivity index (χ3v) is 4.82. The number of nitrogens with zero attached hydrogens (tertiary/aromatic N) is 2. The minimum atomic E-state index is -4.52. The van der Waals surface area contributed by atoms with E-state index in [0.717, 1.165) is 30.0 Å². The molecule has 0 unspecified atom stereocenters. The van der Waals surface area contributed by atoms with Crippen LogP contribution in [0.1, 0.15) is 30.5 Å². The van der Waals surface area contributed by atoms with Gasteiger partial charge in [0.05, 0.1) is 16.9 Å². The normalized spacial score (nSPS) is 19.6. The fourth-order valence-corrected chi connectivity index (χ4v) is 3.55. The minimum absolute atomic E-state index is 0. The summed E-state index contributed by atoms with van der Waals surface area (Å²) in [5.41, 5.74) is 5.31. The summed E-state index contributed by atoms with van der Waals surface area (Å²) in [4.78, 5) is 12.6. The number of benzene rings is 1. The highest BCUT2D eigenvalue weighted by molar-refractivity contribution is 5.92. The average Bonchev–Trinajstić information content (AvgIpc) is 3.20. The first-order chi connectivity index (χ1) is 12.3. The van der Waals surface area contributed by atoms with Gasteiger partial charge in [0.2, 0.25) is 5.91 Å². The zero-order valence-electron chi connectivity index (χ0n) is 14.8. The maximum Gasteiger partial charge on any atom is 0.418 e. The van der Waals surface area contributed by atoms with Gasteiger partial charge >= 0.3 is 6.18 Å². The minimum Gasteiger partial charge on any atom is -0.330 e. The molecule has 3 rings (SSSR count). The Morgan fingerprint density at radius 2 is 2.04 bits per heavy atom. The van der Waals surface area contributed by atoms with Crippen LogP contribution in [0.5, 0.6) is 0 Å². The Morgan fingerprint density at radius 1 is 1.33 bits per heavy atom. The highest BCUT2D eigenvalue weighted by Gasteiger charge is 2.35. The molecule has 0 radical (unpaired) electrons. The van der Waals surface area contributed by atoms with Gasteiger partial charge in [0.1, 0.15) is 5.82 Å². The monoisotopic (exact) mass is 402 g/mol. The van der Waals surface area contributed by atoms with Crippen molar-refractivity contribution in [1.29, 1.82) is 0 Å². The van der Waals surface area contributed by atoms with Gasteiger partial charge in [-0.2, -0.15) is 18.3 Å². The Labute approximate surface area is 161 Å². The molecule has 1 fully saturated rings. The number of carbonyl (C=O) groups is 1. The van der Waals surface area contributed by atoms with Crippen LogP contribution in [-0.2, 0) is 11.0 Å². The van der Waals surface area contributed by atoms with Crippen molar-refractivity contribution in [3.05, 3.63) is 41.6 Å². The summed E-state index contributed by atoms with van der Waals surface area (Å²) in [6.07, 6.45) is -1.97. The fourth-order valence-electron chi connectivity index (χ4n) is 3.55. The highest BCUT2D eigenvalue weighted by Crippen LogP contribution is 2.35. The van der Waals surface area contributed by atoms with Crippen LogP contribution < -0.4 is 11.1 Å². The summed E-state index contributed by atoms with van der Waals surface area (Å²) >= 11 is 0. The summed E-state index contributed by atoms with van der Waals surface area (Å²) in [5.74, 6) is -0.105. The van der Waals surface area contributed by atoms with Gasteiger partial charge < -0.3 is 11.1 Å². The van der Waals surface area contributed by atoms with Crippen LogP contribution in [0.15, 0.2) is 30.3 Å². The lowest BCUT2D eigenvalue weighted by molar-refractivity contribution is -0.137. The number of nitrogens with two attached hydrogens (primary N) is 1. The molecule has 1 heterocycles. The molecule has 0 spiro atoms. The molecule has 2 aromatic rings. The van der Waals surface area contributed by atoms with E-state index in [1.54, 1.807) is 13.0 Å². The Kier molecular flexibility index (Phi) is 6.54. The molecule has 1 aromatic carbocycles. The first kappa shape index (κ1) is 21.2. The van der Waals surface area contributed by atoms with Gasteiger partial charge in [-0.15, -0.1) is 12.4 Å².